The molecule has 0 saturated carbocycles. The fraction of sp³-hybridized carbons (Fsp3) is 0.438. The fourth-order valence-corrected chi connectivity index (χ4v) is 2.71. The summed E-state index contributed by atoms with van der Waals surface area (Å²) in [6.45, 7) is 6.08. The van der Waals surface area contributed by atoms with Crippen molar-refractivity contribution in [1.29, 1.82) is 0 Å². The van der Waals surface area contributed by atoms with E-state index < -0.39 is 0 Å². The number of rotatable bonds is 4. The molecule has 0 unspecified atom stereocenters. The first kappa shape index (κ1) is 16.4. The second-order valence-electron chi connectivity index (χ2n) is 6.14. The molecule has 2 aromatic rings. The smallest absolute Gasteiger partial charge is 0.261 e. The highest BCUT2D eigenvalue weighted by atomic mass is 32.1. The fourth-order valence-electron chi connectivity index (χ4n) is 2.51. The molecule has 0 aliphatic carbocycles. The number of amides is 1. The highest BCUT2D eigenvalue weighted by molar-refractivity contribution is 7.71. The summed E-state index contributed by atoms with van der Waals surface area (Å²) in [5.74, 6) is -0.152. The summed E-state index contributed by atoms with van der Waals surface area (Å²) in [5, 5.41) is 3.53. The van der Waals surface area contributed by atoms with Gasteiger partial charge < -0.3 is 10.3 Å². The molecule has 0 saturated heterocycles. The van der Waals surface area contributed by atoms with E-state index in [0.29, 0.717) is 21.2 Å². The van der Waals surface area contributed by atoms with Gasteiger partial charge in [0, 0.05) is 18.2 Å². The van der Waals surface area contributed by atoms with E-state index in [1.165, 1.54) is 4.57 Å². The van der Waals surface area contributed by atoms with Gasteiger partial charge in [0.25, 0.3) is 11.5 Å². The first-order valence-corrected chi connectivity index (χ1v) is 7.71. The molecule has 0 spiro atoms. The van der Waals surface area contributed by atoms with Crippen LogP contribution in [0, 0.1) is 4.77 Å². The lowest BCUT2D eigenvalue weighted by molar-refractivity contribution is 0.0909. The third-order valence-corrected chi connectivity index (χ3v) is 4.07. The molecule has 1 amide bonds. The van der Waals surface area contributed by atoms with Crippen molar-refractivity contribution in [2.75, 3.05) is 0 Å². The molecule has 0 atom stereocenters. The van der Waals surface area contributed by atoms with Crippen molar-refractivity contribution in [2.24, 2.45) is 7.05 Å². The van der Waals surface area contributed by atoms with Crippen LogP contribution in [0.2, 0.25) is 0 Å². The maximum absolute atomic E-state index is 12.4. The lowest BCUT2D eigenvalue weighted by Crippen LogP contribution is -2.43. The molecule has 2 N–H and O–H groups in total. The number of nitrogens with one attached hydrogen (secondary N) is 2. The largest absolute Gasteiger partial charge is 0.347 e. The number of hydrogen-bond donors (Lipinski definition) is 2. The van der Waals surface area contributed by atoms with Crippen LogP contribution in [-0.2, 0) is 7.05 Å². The molecule has 5 nitrogen and oxygen atoms in total. The molecule has 118 valence electrons. The van der Waals surface area contributed by atoms with E-state index in [0.717, 1.165) is 12.8 Å². The van der Waals surface area contributed by atoms with Gasteiger partial charge in [0.2, 0.25) is 0 Å². The van der Waals surface area contributed by atoms with Crippen LogP contribution >= 0.6 is 12.2 Å². The number of carbonyl (C=O) groups is 1. The standard InChI is InChI=1S/C16H21N3O2S/c1-5-8-16(2,3)18-13(20)10-6-7-11-12(9-10)17-15(22)19(4)14(11)21/h6-7,9H,5,8H2,1-4H3,(H,17,22)(H,18,20). The number of benzene rings is 1. The summed E-state index contributed by atoms with van der Waals surface area (Å²) in [4.78, 5) is 27.5. The zero-order valence-corrected chi connectivity index (χ0v) is 14.1. The van der Waals surface area contributed by atoms with Crippen molar-refractivity contribution in [3.63, 3.8) is 0 Å². The van der Waals surface area contributed by atoms with Crippen LogP contribution in [-0.4, -0.2) is 21.0 Å². The second kappa shape index (κ2) is 6.04. The van der Waals surface area contributed by atoms with Gasteiger partial charge >= 0.3 is 0 Å². The molecule has 0 radical (unpaired) electrons. The van der Waals surface area contributed by atoms with Crippen LogP contribution in [0.1, 0.15) is 44.0 Å². The van der Waals surface area contributed by atoms with Gasteiger partial charge in [-0.15, -0.1) is 0 Å². The molecule has 2 rings (SSSR count). The van der Waals surface area contributed by atoms with Crippen LogP contribution < -0.4 is 10.9 Å². The number of fused-ring (bicyclic) bond motifs is 1. The van der Waals surface area contributed by atoms with E-state index in [9.17, 15) is 9.59 Å². The molecule has 0 bridgehead atoms. The zero-order chi connectivity index (χ0) is 16.5. The maximum atomic E-state index is 12.4. The highest BCUT2D eigenvalue weighted by Gasteiger charge is 2.20. The van der Waals surface area contributed by atoms with Gasteiger partial charge in [-0.2, -0.15) is 0 Å². The average molecular weight is 319 g/mol. The van der Waals surface area contributed by atoms with E-state index in [4.69, 9.17) is 12.2 Å². The number of aromatic amines is 1. The first-order chi connectivity index (χ1) is 10.2. The van der Waals surface area contributed by atoms with Gasteiger partial charge in [-0.25, -0.2) is 0 Å². The van der Waals surface area contributed by atoms with Gasteiger partial charge in [0.15, 0.2) is 4.77 Å². The summed E-state index contributed by atoms with van der Waals surface area (Å²) < 4.78 is 1.71. The lowest BCUT2D eigenvalue weighted by atomic mass is 9.98. The molecule has 1 aromatic carbocycles. The molecular formula is C16H21N3O2S. The van der Waals surface area contributed by atoms with Crippen LogP contribution in [0.3, 0.4) is 0 Å². The summed E-state index contributed by atoms with van der Waals surface area (Å²) in [5.41, 5.74) is 0.655. The average Bonchev–Trinajstić information content (AvgIpc) is 2.43. The molecule has 0 aliphatic heterocycles. The van der Waals surface area contributed by atoms with Gasteiger partial charge in [-0.3, -0.25) is 14.2 Å². The third kappa shape index (κ3) is 3.27. The van der Waals surface area contributed by atoms with Crippen LogP contribution in [0.25, 0.3) is 10.9 Å². The SMILES string of the molecule is CCCC(C)(C)NC(=O)c1ccc2c(=O)n(C)c(=S)[nH]c2c1. The first-order valence-electron chi connectivity index (χ1n) is 7.31. The number of nitrogens with zero attached hydrogens (tertiary/aromatic N) is 1. The maximum Gasteiger partial charge on any atom is 0.261 e. The van der Waals surface area contributed by atoms with Crippen molar-refractivity contribution < 1.29 is 4.79 Å². The Morgan fingerprint density at radius 1 is 1.41 bits per heavy atom. The normalized spacial score (nSPS) is 11.6. The van der Waals surface area contributed by atoms with Crippen molar-refractivity contribution in [1.82, 2.24) is 14.9 Å². The Labute approximate surface area is 134 Å². The molecule has 6 heteroatoms. The minimum atomic E-state index is -0.263. The summed E-state index contributed by atoms with van der Waals surface area (Å²) in [6, 6.07) is 4.99. The van der Waals surface area contributed by atoms with E-state index in [1.54, 1.807) is 25.2 Å². The lowest BCUT2D eigenvalue weighted by Gasteiger charge is -2.25. The van der Waals surface area contributed by atoms with Crippen molar-refractivity contribution >= 4 is 29.0 Å². The van der Waals surface area contributed by atoms with E-state index >= 15 is 0 Å². The van der Waals surface area contributed by atoms with E-state index in [2.05, 4.69) is 17.2 Å². The third-order valence-electron chi connectivity index (χ3n) is 3.69. The summed E-state index contributed by atoms with van der Waals surface area (Å²) in [7, 11) is 1.62. The summed E-state index contributed by atoms with van der Waals surface area (Å²) >= 11 is 5.11. The molecular weight excluding hydrogens is 298 g/mol. The van der Waals surface area contributed by atoms with Gasteiger partial charge in [0.05, 0.1) is 10.9 Å². The molecule has 1 heterocycles. The van der Waals surface area contributed by atoms with Crippen molar-refractivity contribution in [2.45, 2.75) is 39.2 Å². The zero-order valence-electron chi connectivity index (χ0n) is 13.3. The Bertz CT molecular complexity index is 833. The van der Waals surface area contributed by atoms with Crippen molar-refractivity contribution in [3.05, 3.63) is 38.9 Å². The predicted molar refractivity (Wildman–Crippen MR) is 90.8 cm³/mol. The second-order valence-corrected chi connectivity index (χ2v) is 6.53. The highest BCUT2D eigenvalue weighted by Crippen LogP contribution is 2.14. The van der Waals surface area contributed by atoms with Gasteiger partial charge in [0.1, 0.15) is 0 Å². The Morgan fingerprint density at radius 2 is 2.09 bits per heavy atom. The molecule has 1 aromatic heterocycles. The monoisotopic (exact) mass is 319 g/mol. The molecule has 22 heavy (non-hydrogen) atoms. The quantitative estimate of drug-likeness (QED) is 0.852. The Morgan fingerprint density at radius 3 is 2.73 bits per heavy atom. The van der Waals surface area contributed by atoms with E-state index in [-0.39, 0.29) is 17.0 Å². The number of hydrogen-bond acceptors (Lipinski definition) is 3. The van der Waals surface area contributed by atoms with Crippen LogP contribution in [0.15, 0.2) is 23.0 Å². The van der Waals surface area contributed by atoms with Crippen LogP contribution in [0.4, 0.5) is 0 Å². The van der Waals surface area contributed by atoms with E-state index in [1.807, 2.05) is 13.8 Å². The molecule has 0 fully saturated rings. The predicted octanol–water partition coefficient (Wildman–Crippen LogP) is 2.90. The topological polar surface area (TPSA) is 66.9 Å². The summed E-state index contributed by atoms with van der Waals surface area (Å²) in [6.07, 6.45) is 1.89. The van der Waals surface area contributed by atoms with Crippen molar-refractivity contribution in [3.8, 4) is 0 Å². The number of H-pyrrole nitrogens is 1. The molecule has 0 aliphatic rings. The van der Waals surface area contributed by atoms with Crippen LogP contribution in [0.5, 0.6) is 0 Å². The number of aromatic nitrogens is 2. The Balaban J connectivity index is 2.42. The minimum Gasteiger partial charge on any atom is -0.347 e. The minimum absolute atomic E-state index is 0.152. The Kier molecular flexibility index (Phi) is 4.51. The van der Waals surface area contributed by atoms with Gasteiger partial charge in [-0.05, 0) is 50.7 Å². The van der Waals surface area contributed by atoms with Gasteiger partial charge in [-0.1, -0.05) is 13.3 Å². The number of carbonyl (C=O) groups excluding carboxylic acids is 1. The Hall–Kier alpha value is -1.95.